The van der Waals surface area contributed by atoms with Crippen molar-refractivity contribution in [3.63, 3.8) is 0 Å². The minimum Gasteiger partial charge on any atom is -0.508 e. The molecular weight excluding hydrogens is 334 g/mol. The summed E-state index contributed by atoms with van der Waals surface area (Å²) in [5.74, 6) is -0.849. The van der Waals surface area contributed by atoms with E-state index in [1.807, 2.05) is 30.3 Å². The maximum absolute atomic E-state index is 12.6. The van der Waals surface area contributed by atoms with E-state index in [1.165, 1.54) is 4.90 Å². The molecule has 2 N–H and O–H groups in total. The Morgan fingerprint density at radius 3 is 2.35 bits per heavy atom. The number of carbonyl (C=O) groups excluding carboxylic acids is 1. The first-order chi connectivity index (χ1) is 12.5. The molecule has 2 aromatic carbocycles. The average Bonchev–Trinajstić information content (AvgIpc) is 3.06. The quantitative estimate of drug-likeness (QED) is 0.860. The maximum Gasteiger partial charge on any atom is 0.411 e. The van der Waals surface area contributed by atoms with Crippen molar-refractivity contribution >= 4 is 12.1 Å². The van der Waals surface area contributed by atoms with E-state index >= 15 is 0 Å². The Labute approximate surface area is 151 Å². The van der Waals surface area contributed by atoms with Crippen LogP contribution in [0.3, 0.4) is 0 Å². The van der Waals surface area contributed by atoms with Crippen LogP contribution in [0.5, 0.6) is 5.75 Å². The number of hydrogen-bond acceptors (Lipinski definition) is 4. The Bertz CT molecular complexity index is 760. The number of rotatable bonds is 5. The number of hydrogen-bond donors (Lipinski definition) is 2. The van der Waals surface area contributed by atoms with Gasteiger partial charge in [-0.15, -0.1) is 0 Å². The molecule has 3 rings (SSSR count). The van der Waals surface area contributed by atoms with Crippen LogP contribution < -0.4 is 0 Å². The van der Waals surface area contributed by atoms with Gasteiger partial charge in [-0.2, -0.15) is 0 Å². The van der Waals surface area contributed by atoms with E-state index in [0.717, 1.165) is 11.1 Å². The Kier molecular flexibility index (Phi) is 5.41. The number of ether oxygens (including phenoxy) is 1. The minimum absolute atomic E-state index is 0.106. The second-order valence-corrected chi connectivity index (χ2v) is 6.40. The predicted octanol–water partition coefficient (Wildman–Crippen LogP) is 3.19. The van der Waals surface area contributed by atoms with Crippen LogP contribution in [0.4, 0.5) is 4.79 Å². The van der Waals surface area contributed by atoms with E-state index in [4.69, 9.17) is 4.74 Å². The largest absolute Gasteiger partial charge is 0.508 e. The van der Waals surface area contributed by atoms with Gasteiger partial charge in [0.25, 0.3) is 0 Å². The summed E-state index contributed by atoms with van der Waals surface area (Å²) in [7, 11) is 0. The zero-order valence-corrected chi connectivity index (χ0v) is 14.2. The van der Waals surface area contributed by atoms with E-state index in [2.05, 4.69) is 0 Å². The molecule has 1 amide bonds. The first kappa shape index (κ1) is 17.8. The van der Waals surface area contributed by atoms with Gasteiger partial charge in [0.05, 0.1) is 0 Å². The first-order valence-corrected chi connectivity index (χ1v) is 8.54. The summed E-state index contributed by atoms with van der Waals surface area (Å²) in [6, 6.07) is 14.9. The number of amides is 1. The third-order valence-corrected chi connectivity index (χ3v) is 4.61. The molecule has 0 bridgehead atoms. The molecule has 6 heteroatoms. The molecule has 2 unspecified atom stereocenters. The van der Waals surface area contributed by atoms with Crippen molar-refractivity contribution in [2.75, 3.05) is 0 Å². The van der Waals surface area contributed by atoms with E-state index in [0.29, 0.717) is 19.3 Å². The Morgan fingerprint density at radius 2 is 1.69 bits per heavy atom. The fourth-order valence-corrected chi connectivity index (χ4v) is 3.30. The summed E-state index contributed by atoms with van der Waals surface area (Å²) in [4.78, 5) is 25.5. The van der Waals surface area contributed by atoms with Gasteiger partial charge in [-0.25, -0.2) is 9.59 Å². The standard InChI is InChI=1S/C20H21NO5/c22-17-9-6-14(7-10-17)12-16-8-11-18(19(23)24)21(16)20(25)26-13-15-4-2-1-3-5-15/h1-7,9-10,16,18,22H,8,11-13H2,(H,23,24). The Balaban J connectivity index is 1.70. The third kappa shape index (κ3) is 4.14. The SMILES string of the molecule is O=C(O)C1CCC(Cc2ccc(O)cc2)N1C(=O)OCc1ccccc1. The van der Waals surface area contributed by atoms with Gasteiger partial charge in [0.2, 0.25) is 0 Å². The van der Waals surface area contributed by atoms with Gasteiger partial charge in [-0.1, -0.05) is 42.5 Å². The Morgan fingerprint density at radius 1 is 1.00 bits per heavy atom. The second-order valence-electron chi connectivity index (χ2n) is 6.40. The molecule has 2 atom stereocenters. The molecule has 1 saturated heterocycles. The van der Waals surface area contributed by atoms with Crippen molar-refractivity contribution in [2.24, 2.45) is 0 Å². The highest BCUT2D eigenvalue weighted by molar-refractivity contribution is 5.81. The minimum atomic E-state index is -1.02. The number of likely N-dealkylation sites (tertiary alicyclic amines) is 1. The third-order valence-electron chi connectivity index (χ3n) is 4.61. The number of carbonyl (C=O) groups is 2. The van der Waals surface area contributed by atoms with Gasteiger partial charge in [0, 0.05) is 6.04 Å². The van der Waals surface area contributed by atoms with Gasteiger partial charge in [0.15, 0.2) is 0 Å². The summed E-state index contributed by atoms with van der Waals surface area (Å²) in [5.41, 5.74) is 1.78. The smallest absolute Gasteiger partial charge is 0.411 e. The fourth-order valence-electron chi connectivity index (χ4n) is 3.30. The van der Waals surface area contributed by atoms with E-state index in [1.54, 1.807) is 24.3 Å². The van der Waals surface area contributed by atoms with Crippen molar-refractivity contribution in [3.05, 3.63) is 65.7 Å². The van der Waals surface area contributed by atoms with Gasteiger partial charge < -0.3 is 14.9 Å². The number of benzene rings is 2. The molecule has 6 nitrogen and oxygen atoms in total. The van der Waals surface area contributed by atoms with Crippen molar-refractivity contribution in [3.8, 4) is 5.75 Å². The predicted molar refractivity (Wildman–Crippen MR) is 94.7 cm³/mol. The summed E-state index contributed by atoms with van der Waals surface area (Å²) in [5, 5.41) is 18.8. The van der Waals surface area contributed by atoms with Crippen LogP contribution >= 0.6 is 0 Å². The lowest BCUT2D eigenvalue weighted by Gasteiger charge is -2.27. The highest BCUT2D eigenvalue weighted by atomic mass is 16.6. The molecular formula is C20H21NO5. The van der Waals surface area contributed by atoms with Gasteiger partial charge in [-0.05, 0) is 42.5 Å². The van der Waals surface area contributed by atoms with E-state index in [-0.39, 0.29) is 18.4 Å². The molecule has 1 heterocycles. The number of phenolic OH excluding ortho intramolecular Hbond substituents is 1. The molecule has 2 aromatic rings. The summed E-state index contributed by atoms with van der Waals surface area (Å²) in [6.07, 6.45) is 0.906. The highest BCUT2D eigenvalue weighted by Gasteiger charge is 2.41. The molecule has 0 spiro atoms. The summed E-state index contributed by atoms with van der Waals surface area (Å²) >= 11 is 0. The zero-order chi connectivity index (χ0) is 18.5. The lowest BCUT2D eigenvalue weighted by Crippen LogP contribution is -2.45. The van der Waals surface area contributed by atoms with Crippen LogP contribution in [-0.4, -0.2) is 39.3 Å². The lowest BCUT2D eigenvalue weighted by molar-refractivity contribution is -0.142. The average molecular weight is 355 g/mol. The van der Waals surface area contributed by atoms with Crippen LogP contribution in [0.15, 0.2) is 54.6 Å². The highest BCUT2D eigenvalue weighted by Crippen LogP contribution is 2.28. The molecule has 0 saturated carbocycles. The zero-order valence-electron chi connectivity index (χ0n) is 14.2. The molecule has 26 heavy (non-hydrogen) atoms. The summed E-state index contributed by atoms with van der Waals surface area (Å²) in [6.45, 7) is 0.106. The monoisotopic (exact) mass is 355 g/mol. The molecule has 136 valence electrons. The van der Waals surface area contributed by atoms with E-state index < -0.39 is 18.1 Å². The van der Waals surface area contributed by atoms with Crippen LogP contribution in [0, 0.1) is 0 Å². The fraction of sp³-hybridized carbons (Fsp3) is 0.300. The second kappa shape index (κ2) is 7.91. The van der Waals surface area contributed by atoms with Gasteiger partial charge >= 0.3 is 12.1 Å². The number of aromatic hydroxyl groups is 1. The maximum atomic E-state index is 12.6. The van der Waals surface area contributed by atoms with E-state index in [9.17, 15) is 19.8 Å². The van der Waals surface area contributed by atoms with Crippen LogP contribution in [0.25, 0.3) is 0 Å². The van der Waals surface area contributed by atoms with Crippen molar-refractivity contribution in [2.45, 2.75) is 38.0 Å². The summed E-state index contributed by atoms with van der Waals surface area (Å²) < 4.78 is 5.36. The molecule has 1 aliphatic rings. The van der Waals surface area contributed by atoms with Crippen molar-refractivity contribution < 1.29 is 24.5 Å². The molecule has 1 fully saturated rings. The molecule has 0 aliphatic carbocycles. The van der Waals surface area contributed by atoms with Crippen molar-refractivity contribution in [1.29, 1.82) is 0 Å². The number of carboxylic acids is 1. The number of phenols is 1. The first-order valence-electron chi connectivity index (χ1n) is 8.54. The van der Waals surface area contributed by atoms with Gasteiger partial charge in [-0.3, -0.25) is 4.90 Å². The van der Waals surface area contributed by atoms with Gasteiger partial charge in [0.1, 0.15) is 18.4 Å². The molecule has 0 aromatic heterocycles. The van der Waals surface area contributed by atoms with Crippen LogP contribution in [0.2, 0.25) is 0 Å². The number of nitrogens with zero attached hydrogens (tertiary/aromatic N) is 1. The molecule has 0 radical (unpaired) electrons. The molecule has 1 aliphatic heterocycles. The van der Waals surface area contributed by atoms with Crippen LogP contribution in [-0.2, 0) is 22.6 Å². The Hall–Kier alpha value is -3.02. The van der Waals surface area contributed by atoms with Crippen LogP contribution in [0.1, 0.15) is 24.0 Å². The van der Waals surface area contributed by atoms with Crippen molar-refractivity contribution in [1.82, 2.24) is 4.90 Å². The number of aliphatic carboxylic acids is 1. The number of carboxylic acid groups (broad SMARTS) is 1. The lowest BCUT2D eigenvalue weighted by atomic mass is 10.0. The normalized spacial score (nSPS) is 19.3. The topological polar surface area (TPSA) is 87.1 Å².